The van der Waals surface area contributed by atoms with Crippen LogP contribution in [0.3, 0.4) is 0 Å². The van der Waals surface area contributed by atoms with E-state index in [0.29, 0.717) is 29.4 Å². The first-order valence-corrected chi connectivity index (χ1v) is 9.06. The van der Waals surface area contributed by atoms with Crippen LogP contribution >= 0.6 is 11.6 Å². The van der Waals surface area contributed by atoms with Crippen molar-refractivity contribution in [2.24, 2.45) is 0 Å². The Balaban J connectivity index is 1.62. The van der Waals surface area contributed by atoms with E-state index in [1.54, 1.807) is 23.7 Å². The van der Waals surface area contributed by atoms with E-state index in [9.17, 15) is 9.18 Å². The Morgan fingerprint density at radius 2 is 2.07 bits per heavy atom. The zero-order valence-electron chi connectivity index (χ0n) is 15.8. The highest BCUT2D eigenvalue weighted by Crippen LogP contribution is 2.21. The van der Waals surface area contributed by atoms with Gasteiger partial charge in [-0.2, -0.15) is 5.10 Å². The Morgan fingerprint density at radius 1 is 1.32 bits per heavy atom. The van der Waals surface area contributed by atoms with Gasteiger partial charge in [0.1, 0.15) is 12.4 Å². The number of benzene rings is 1. The third kappa shape index (κ3) is 4.17. The van der Waals surface area contributed by atoms with Crippen LogP contribution in [0.1, 0.15) is 33.2 Å². The number of para-hydroxylation sites is 1. The molecule has 0 unspecified atom stereocenters. The van der Waals surface area contributed by atoms with E-state index < -0.39 is 11.7 Å². The largest absolute Gasteiger partial charge is 0.486 e. The molecule has 3 aromatic rings. The van der Waals surface area contributed by atoms with E-state index in [2.05, 4.69) is 15.6 Å². The lowest BCUT2D eigenvalue weighted by Crippen LogP contribution is -2.29. The van der Waals surface area contributed by atoms with E-state index in [1.807, 2.05) is 13.8 Å². The van der Waals surface area contributed by atoms with Gasteiger partial charge in [-0.3, -0.25) is 9.48 Å². The molecule has 0 aliphatic heterocycles. The van der Waals surface area contributed by atoms with Crippen molar-refractivity contribution in [2.75, 3.05) is 6.54 Å². The first-order valence-electron chi connectivity index (χ1n) is 8.68. The molecule has 0 saturated heterocycles. The Labute approximate surface area is 166 Å². The minimum Gasteiger partial charge on any atom is -0.486 e. The van der Waals surface area contributed by atoms with Crippen LogP contribution < -0.4 is 10.1 Å². The second-order valence-electron chi connectivity index (χ2n) is 6.25. The molecule has 0 spiro atoms. The fourth-order valence-electron chi connectivity index (χ4n) is 2.70. The molecule has 0 aliphatic carbocycles. The number of aryl methyl sites for hydroxylation is 2. The lowest BCUT2D eigenvalue weighted by Gasteiger charge is -2.08. The summed E-state index contributed by atoms with van der Waals surface area (Å²) in [6, 6.07) is 6.05. The van der Waals surface area contributed by atoms with Gasteiger partial charge >= 0.3 is 0 Å². The molecule has 0 fully saturated rings. The molecule has 0 atom stereocenters. The number of aromatic nitrogens is 3. The molecule has 28 heavy (non-hydrogen) atoms. The minimum absolute atomic E-state index is 0.0356. The molecule has 0 bridgehead atoms. The summed E-state index contributed by atoms with van der Waals surface area (Å²) in [4.78, 5) is 12.5. The second-order valence-corrected chi connectivity index (χ2v) is 6.63. The number of amides is 1. The number of ether oxygens (including phenoxy) is 1. The van der Waals surface area contributed by atoms with Crippen LogP contribution in [0.15, 0.2) is 28.8 Å². The Morgan fingerprint density at radius 3 is 2.75 bits per heavy atom. The fourth-order valence-corrected chi connectivity index (χ4v) is 2.84. The third-order valence-corrected chi connectivity index (χ3v) is 4.86. The van der Waals surface area contributed by atoms with Crippen molar-refractivity contribution in [1.29, 1.82) is 0 Å². The van der Waals surface area contributed by atoms with Gasteiger partial charge in [0.15, 0.2) is 17.3 Å². The molecular weight excluding hydrogens is 387 g/mol. The van der Waals surface area contributed by atoms with Gasteiger partial charge in [-0.1, -0.05) is 28.9 Å². The minimum atomic E-state index is -0.480. The first-order chi connectivity index (χ1) is 13.4. The van der Waals surface area contributed by atoms with Crippen LogP contribution in [-0.4, -0.2) is 27.4 Å². The van der Waals surface area contributed by atoms with Gasteiger partial charge < -0.3 is 14.6 Å². The molecule has 148 valence electrons. The fraction of sp³-hybridized carbons (Fsp3) is 0.316. The summed E-state index contributed by atoms with van der Waals surface area (Å²) >= 11 is 6.12. The number of nitrogens with zero attached hydrogens (tertiary/aromatic N) is 3. The average molecular weight is 407 g/mol. The highest BCUT2D eigenvalue weighted by molar-refractivity contribution is 6.31. The lowest BCUT2D eigenvalue weighted by atomic mass is 10.2. The number of nitrogens with one attached hydrogen (secondary N) is 1. The van der Waals surface area contributed by atoms with Crippen molar-refractivity contribution in [3.8, 4) is 5.75 Å². The number of hydrogen-bond acceptors (Lipinski definition) is 5. The zero-order chi connectivity index (χ0) is 20.3. The summed E-state index contributed by atoms with van der Waals surface area (Å²) in [7, 11) is 0. The highest BCUT2D eigenvalue weighted by Gasteiger charge is 2.21. The van der Waals surface area contributed by atoms with E-state index in [0.717, 1.165) is 11.4 Å². The predicted octanol–water partition coefficient (Wildman–Crippen LogP) is 3.60. The molecule has 9 heteroatoms. The standard InChI is InChI=1S/C19H20ClFN4O3/c1-11-17(20)12(2)25(23-11)9-8-22-19(26)18-14(13(3)28-24-18)10-27-16-7-5-4-6-15(16)21/h4-7H,8-10H2,1-3H3,(H,22,26). The van der Waals surface area contributed by atoms with Crippen molar-refractivity contribution in [3.63, 3.8) is 0 Å². The van der Waals surface area contributed by atoms with E-state index in [-0.39, 0.29) is 18.1 Å². The van der Waals surface area contributed by atoms with Crippen molar-refractivity contribution in [1.82, 2.24) is 20.3 Å². The lowest BCUT2D eigenvalue weighted by molar-refractivity contribution is 0.0940. The smallest absolute Gasteiger partial charge is 0.273 e. The summed E-state index contributed by atoms with van der Waals surface area (Å²) < 4.78 is 26.0. The Bertz CT molecular complexity index is 999. The summed E-state index contributed by atoms with van der Waals surface area (Å²) in [5.41, 5.74) is 2.16. The SMILES string of the molecule is Cc1nn(CCNC(=O)c2noc(C)c2COc2ccccc2F)c(C)c1Cl. The molecule has 1 N–H and O–H groups in total. The molecule has 3 rings (SSSR count). The van der Waals surface area contributed by atoms with E-state index >= 15 is 0 Å². The van der Waals surface area contributed by atoms with E-state index in [1.165, 1.54) is 12.1 Å². The Hall–Kier alpha value is -2.87. The summed E-state index contributed by atoms with van der Waals surface area (Å²) in [5.74, 6) is -0.356. The zero-order valence-corrected chi connectivity index (χ0v) is 16.5. The van der Waals surface area contributed by atoms with Crippen molar-refractivity contribution < 1.29 is 18.4 Å². The molecule has 1 aromatic carbocycles. The van der Waals surface area contributed by atoms with Gasteiger partial charge in [0.05, 0.1) is 28.5 Å². The molecule has 0 radical (unpaired) electrons. The molecule has 1 amide bonds. The predicted molar refractivity (Wildman–Crippen MR) is 101 cm³/mol. The molecular formula is C19H20ClFN4O3. The number of carbonyl (C=O) groups excluding carboxylic acids is 1. The number of rotatable bonds is 7. The van der Waals surface area contributed by atoms with Gasteiger partial charge in [0.25, 0.3) is 5.91 Å². The van der Waals surface area contributed by atoms with Crippen LogP contribution in [0, 0.1) is 26.6 Å². The summed E-state index contributed by atoms with van der Waals surface area (Å²) in [6.45, 7) is 6.11. The molecule has 0 saturated carbocycles. The average Bonchev–Trinajstić information content (AvgIpc) is 3.16. The first kappa shape index (κ1) is 19.9. The highest BCUT2D eigenvalue weighted by atomic mass is 35.5. The molecule has 0 aliphatic rings. The van der Waals surface area contributed by atoms with Gasteiger partial charge in [-0.15, -0.1) is 0 Å². The van der Waals surface area contributed by atoms with Crippen LogP contribution in [0.2, 0.25) is 5.02 Å². The van der Waals surface area contributed by atoms with Gasteiger partial charge in [0.2, 0.25) is 0 Å². The topological polar surface area (TPSA) is 82.2 Å². The quantitative estimate of drug-likeness (QED) is 0.648. The van der Waals surface area contributed by atoms with Crippen LogP contribution in [0.4, 0.5) is 4.39 Å². The second kappa shape index (κ2) is 8.43. The van der Waals surface area contributed by atoms with Gasteiger partial charge in [0, 0.05) is 6.54 Å². The normalized spacial score (nSPS) is 10.9. The maximum Gasteiger partial charge on any atom is 0.273 e. The number of carbonyl (C=O) groups is 1. The number of halogens is 2. The molecule has 7 nitrogen and oxygen atoms in total. The van der Waals surface area contributed by atoms with Gasteiger partial charge in [-0.25, -0.2) is 4.39 Å². The van der Waals surface area contributed by atoms with Crippen LogP contribution in [-0.2, 0) is 13.2 Å². The van der Waals surface area contributed by atoms with Crippen molar-refractivity contribution in [3.05, 3.63) is 63.5 Å². The van der Waals surface area contributed by atoms with E-state index in [4.69, 9.17) is 20.9 Å². The molecule has 2 aromatic heterocycles. The monoisotopic (exact) mass is 406 g/mol. The van der Waals surface area contributed by atoms with Crippen molar-refractivity contribution in [2.45, 2.75) is 33.9 Å². The maximum atomic E-state index is 13.7. The van der Waals surface area contributed by atoms with Crippen LogP contribution in [0.5, 0.6) is 5.75 Å². The maximum absolute atomic E-state index is 13.7. The molecule has 2 heterocycles. The number of hydrogen-bond donors (Lipinski definition) is 1. The third-order valence-electron chi connectivity index (χ3n) is 4.31. The summed E-state index contributed by atoms with van der Waals surface area (Å²) in [6.07, 6.45) is 0. The Kier molecular flexibility index (Phi) is 5.99. The van der Waals surface area contributed by atoms with Crippen molar-refractivity contribution >= 4 is 17.5 Å². The summed E-state index contributed by atoms with van der Waals surface area (Å²) in [5, 5.41) is 11.5. The van der Waals surface area contributed by atoms with Crippen LogP contribution in [0.25, 0.3) is 0 Å². The van der Waals surface area contributed by atoms with Gasteiger partial charge in [-0.05, 0) is 32.9 Å².